The van der Waals surface area contributed by atoms with E-state index in [0.717, 1.165) is 6.08 Å². The van der Waals surface area contributed by atoms with Gasteiger partial charge in [0.05, 0.1) is 11.3 Å². The van der Waals surface area contributed by atoms with E-state index in [9.17, 15) is 33.9 Å². The molecule has 3 rings (SSSR count). The number of Topliss-reactive ketones (excluding diaryl/α,β-unsaturated/α-hetero) is 1. The monoisotopic (exact) mass is 779 g/mol. The molecule has 0 saturated heterocycles. The number of rotatable bonds is 17. The number of aromatic hydroxyl groups is 1. The minimum atomic E-state index is -0.886. The molecule has 0 spiro atoms. The number of fused-ring (bicyclic) bond motifs is 3. The number of furan rings is 1. The lowest BCUT2D eigenvalue weighted by Crippen LogP contribution is -2.47. The molecule has 56 heavy (non-hydrogen) atoms. The first-order chi connectivity index (χ1) is 26.2. The number of hydrogen-bond acceptors (Lipinski definition) is 13. The molecule has 1 heterocycles. The third-order valence-electron chi connectivity index (χ3n) is 9.72. The van der Waals surface area contributed by atoms with E-state index in [2.05, 4.69) is 5.32 Å². The molecule has 0 saturated carbocycles. The Bertz CT molecular complexity index is 1960. The number of benzene rings is 1. The number of phenols is 1. The van der Waals surface area contributed by atoms with Gasteiger partial charge in [-0.15, -0.1) is 0 Å². The van der Waals surface area contributed by atoms with Gasteiger partial charge < -0.3 is 38.5 Å². The second-order valence-electron chi connectivity index (χ2n) is 14.1. The van der Waals surface area contributed by atoms with Crippen molar-refractivity contribution in [3.8, 4) is 5.75 Å². The van der Waals surface area contributed by atoms with Crippen molar-refractivity contribution in [2.75, 3.05) is 14.2 Å². The summed E-state index contributed by atoms with van der Waals surface area (Å²) in [6.45, 7) is 15.7. The number of hydrogen-bond donors (Lipinski definition) is 2. The van der Waals surface area contributed by atoms with Crippen LogP contribution in [0.4, 0.5) is 0 Å². The number of phenolic OH excluding ortho intramolecular Hbond substituents is 1. The van der Waals surface area contributed by atoms with Gasteiger partial charge in [0, 0.05) is 86.8 Å². The minimum Gasteiger partial charge on any atom is -0.507 e. The van der Waals surface area contributed by atoms with Crippen LogP contribution in [-0.4, -0.2) is 79.3 Å². The summed E-state index contributed by atoms with van der Waals surface area (Å²) < 4.78 is 33.5. The fourth-order valence-electron chi connectivity index (χ4n) is 6.94. The smallest absolute Gasteiger partial charge is 0.302 e. The predicted octanol–water partition coefficient (Wildman–Crippen LogP) is 6.15. The molecule has 1 aromatic carbocycles. The van der Waals surface area contributed by atoms with Crippen LogP contribution in [0.15, 0.2) is 58.2 Å². The van der Waals surface area contributed by atoms with Crippen LogP contribution in [0, 0.1) is 37.5 Å². The zero-order valence-corrected chi connectivity index (χ0v) is 34.0. The average Bonchev–Trinajstić information content (AvgIpc) is 3.52. The van der Waals surface area contributed by atoms with E-state index >= 15 is 0 Å². The number of carbonyl (C=O) groups excluding carboxylic acids is 6. The third-order valence-corrected chi connectivity index (χ3v) is 9.72. The highest BCUT2D eigenvalue weighted by Crippen LogP contribution is 2.40. The quantitative estimate of drug-likeness (QED) is 0.0464. The molecule has 7 unspecified atom stereocenters. The number of allylic oxidation sites excluding steroid dienone is 4. The van der Waals surface area contributed by atoms with Crippen molar-refractivity contribution in [2.45, 2.75) is 93.8 Å². The molecule has 2 aromatic rings. The number of amides is 1. The average molecular weight is 780 g/mol. The first-order valence-corrected chi connectivity index (χ1v) is 18.2. The van der Waals surface area contributed by atoms with E-state index in [1.165, 1.54) is 48.0 Å². The molecule has 1 amide bonds. The van der Waals surface area contributed by atoms with Gasteiger partial charge in [-0.1, -0.05) is 52.0 Å². The van der Waals surface area contributed by atoms with E-state index < -0.39 is 83.5 Å². The maximum absolute atomic E-state index is 13.5. The molecule has 2 N–H and O–H groups in total. The summed E-state index contributed by atoms with van der Waals surface area (Å²) in [5, 5.41) is 13.8. The molecule has 0 fully saturated rings. The van der Waals surface area contributed by atoms with Gasteiger partial charge >= 0.3 is 17.9 Å². The number of ether oxygens (including phenoxy) is 5. The lowest BCUT2D eigenvalue weighted by atomic mass is 9.79. The molecule has 1 aromatic heterocycles. The number of ketones is 2. The van der Waals surface area contributed by atoms with Crippen molar-refractivity contribution in [2.24, 2.45) is 23.7 Å². The van der Waals surface area contributed by atoms with Crippen molar-refractivity contribution in [1.29, 1.82) is 0 Å². The molecule has 0 bridgehead atoms. The highest BCUT2D eigenvalue weighted by Gasteiger charge is 2.41. The molecule has 7 atom stereocenters. The Hall–Kier alpha value is -5.34. The number of nitrogens with one attached hydrogen (secondary N) is 1. The van der Waals surface area contributed by atoms with Gasteiger partial charge in [0.1, 0.15) is 35.4 Å². The number of esters is 3. The summed E-state index contributed by atoms with van der Waals surface area (Å²) in [7, 11) is 2.97. The lowest BCUT2D eigenvalue weighted by Gasteiger charge is -2.39. The number of carbonyl (C=O) groups is 6. The highest BCUT2D eigenvalue weighted by atomic mass is 16.7. The Morgan fingerprint density at radius 3 is 1.80 bits per heavy atom. The van der Waals surface area contributed by atoms with Crippen LogP contribution in [0.2, 0.25) is 0 Å². The van der Waals surface area contributed by atoms with Crippen molar-refractivity contribution >= 4 is 46.4 Å². The third kappa shape index (κ3) is 10.7. The van der Waals surface area contributed by atoms with Crippen molar-refractivity contribution in [1.82, 2.24) is 5.32 Å². The van der Waals surface area contributed by atoms with Crippen LogP contribution in [0.3, 0.4) is 0 Å². The molecule has 14 heteroatoms. The van der Waals surface area contributed by atoms with E-state index in [-0.39, 0.29) is 28.3 Å². The summed E-state index contributed by atoms with van der Waals surface area (Å²) in [5.74, 6) is -5.66. The Labute approximate surface area is 326 Å². The maximum Gasteiger partial charge on any atom is 0.302 e. The fraction of sp³-hybridized carbons (Fsp3) is 0.476. The molecular formula is C42H53NO13. The van der Waals surface area contributed by atoms with Crippen LogP contribution < -0.4 is 5.32 Å². The Balaban J connectivity index is 1.86. The molecule has 304 valence electrons. The zero-order chi connectivity index (χ0) is 42.2. The summed E-state index contributed by atoms with van der Waals surface area (Å²) in [4.78, 5) is 76.9. The van der Waals surface area contributed by atoms with Gasteiger partial charge in [-0.25, -0.2) is 0 Å². The van der Waals surface area contributed by atoms with E-state index in [4.69, 9.17) is 28.1 Å². The minimum absolute atomic E-state index is 0.00423. The predicted molar refractivity (Wildman–Crippen MR) is 205 cm³/mol. The summed E-state index contributed by atoms with van der Waals surface area (Å²) in [6, 6.07) is 1.62. The molecule has 1 aliphatic rings. The Morgan fingerprint density at radius 1 is 0.768 bits per heavy atom. The van der Waals surface area contributed by atoms with Gasteiger partial charge in [0.15, 0.2) is 12.1 Å². The van der Waals surface area contributed by atoms with Crippen molar-refractivity contribution < 1.29 is 62.0 Å². The van der Waals surface area contributed by atoms with E-state index in [1.54, 1.807) is 65.0 Å². The summed E-state index contributed by atoms with van der Waals surface area (Å²) in [5.41, 5.74) is 0.258. The van der Waals surface area contributed by atoms with Crippen LogP contribution in [0.5, 0.6) is 5.75 Å². The topological polar surface area (TPSA) is 194 Å². The first kappa shape index (κ1) is 45.1. The largest absolute Gasteiger partial charge is 0.507 e. The van der Waals surface area contributed by atoms with Crippen molar-refractivity contribution in [3.05, 3.63) is 76.2 Å². The standard InChI is InChI=1S/C42H53NO13/c1-20(38(54-27(8)44)25(6)40(56-29(10)46)26(7)39(55-28(9)45)21(2)16-17-33(51-11)52-12)14-13-15-22(3)42(50)43-31-19-32(47)34-30-18-23(4)53-41(30)24(5)36(48)35(34)37(31)49/h13-21,25-26,33,38-40,48H,1-12H3,(H,43,50)/b14-13+,17-16+,22-15-. The lowest BCUT2D eigenvalue weighted by molar-refractivity contribution is -0.172. The molecular weight excluding hydrogens is 726 g/mol. The molecule has 0 radical (unpaired) electrons. The Kier molecular flexibility index (Phi) is 15.7. The second-order valence-corrected chi connectivity index (χ2v) is 14.1. The van der Waals surface area contributed by atoms with Crippen LogP contribution >= 0.6 is 0 Å². The van der Waals surface area contributed by atoms with Gasteiger partial charge in [0.2, 0.25) is 5.78 Å². The van der Waals surface area contributed by atoms with Crippen molar-refractivity contribution in [3.63, 3.8) is 0 Å². The first-order valence-electron chi connectivity index (χ1n) is 18.2. The molecule has 0 aliphatic heterocycles. The van der Waals surface area contributed by atoms with Gasteiger partial charge in [-0.05, 0) is 32.9 Å². The van der Waals surface area contributed by atoms with Crippen LogP contribution in [-0.2, 0) is 42.9 Å². The second kappa shape index (κ2) is 19.5. The maximum atomic E-state index is 13.5. The summed E-state index contributed by atoms with van der Waals surface area (Å²) >= 11 is 0. The molecule has 14 nitrogen and oxygen atoms in total. The highest BCUT2D eigenvalue weighted by molar-refractivity contribution is 6.30. The Morgan fingerprint density at radius 2 is 1.29 bits per heavy atom. The van der Waals surface area contributed by atoms with E-state index in [1.807, 2.05) is 6.92 Å². The molecule has 1 aliphatic carbocycles. The zero-order valence-electron chi connectivity index (χ0n) is 34.0. The fourth-order valence-corrected chi connectivity index (χ4v) is 6.94. The van der Waals surface area contributed by atoms with Gasteiger partial charge in [0.25, 0.3) is 5.91 Å². The number of aryl methyl sites for hydroxylation is 2. The normalized spacial score (nSPS) is 17.2. The van der Waals surface area contributed by atoms with Gasteiger partial charge in [-0.3, -0.25) is 28.8 Å². The van der Waals surface area contributed by atoms with Crippen LogP contribution in [0.25, 0.3) is 11.0 Å². The summed E-state index contributed by atoms with van der Waals surface area (Å²) in [6.07, 6.45) is 6.10. The van der Waals surface area contributed by atoms with Gasteiger partial charge in [-0.2, -0.15) is 0 Å². The SMILES string of the molecule is COC(/C=C/C(C)C(OC(C)=O)C(C)C(OC(C)=O)C(C)C(OC(C)=O)C(C)/C=C/C=C(/C)C(=O)NC1=CC(=O)c2c(c(O)c(C)c3oc(C)cc23)C1=O)OC. The van der Waals surface area contributed by atoms with Crippen LogP contribution in [0.1, 0.15) is 87.4 Å². The number of methoxy groups -OCH3 is 2. The van der Waals surface area contributed by atoms with E-state index in [0.29, 0.717) is 22.3 Å².